The molecule has 2 aromatic carbocycles. The molecule has 0 saturated carbocycles. The molecule has 0 fully saturated rings. The first kappa shape index (κ1) is 18.8. The zero-order chi connectivity index (χ0) is 18.5. The van der Waals surface area contributed by atoms with Crippen LogP contribution in [-0.2, 0) is 11.3 Å². The molecular formula is C19H17Cl2N3OS. The number of hydrogen-bond donors (Lipinski definition) is 1. The number of nitrogens with one attached hydrogen (secondary N) is 1. The van der Waals surface area contributed by atoms with Gasteiger partial charge in [-0.1, -0.05) is 47.1 Å². The molecule has 0 bridgehead atoms. The monoisotopic (exact) mass is 405 g/mol. The molecule has 3 aromatic rings. The number of benzene rings is 2. The summed E-state index contributed by atoms with van der Waals surface area (Å²) in [5, 5.41) is 8.45. The molecule has 0 atom stereocenters. The molecule has 0 spiro atoms. The van der Waals surface area contributed by atoms with Gasteiger partial charge in [-0.25, -0.2) is 0 Å². The number of para-hydroxylation sites is 1. The number of carbonyl (C=O) groups excluding carboxylic acids is 1. The van der Waals surface area contributed by atoms with Gasteiger partial charge in [0.25, 0.3) is 0 Å². The Balaban J connectivity index is 1.64. The lowest BCUT2D eigenvalue weighted by Gasteiger charge is -2.11. The predicted octanol–water partition coefficient (Wildman–Crippen LogP) is 5.68. The minimum absolute atomic E-state index is 0.0693. The lowest BCUT2D eigenvalue weighted by Crippen LogP contribution is -2.16. The third-order valence-corrected chi connectivity index (χ3v) is 5.50. The van der Waals surface area contributed by atoms with Gasteiger partial charge in [-0.15, -0.1) is 0 Å². The molecule has 0 aliphatic carbocycles. The second-order valence-corrected chi connectivity index (χ2v) is 7.61. The van der Waals surface area contributed by atoms with E-state index in [-0.39, 0.29) is 5.91 Å². The van der Waals surface area contributed by atoms with E-state index in [4.69, 9.17) is 23.2 Å². The highest BCUT2D eigenvalue weighted by Gasteiger charge is 2.10. The van der Waals surface area contributed by atoms with Gasteiger partial charge in [-0.05, 0) is 43.3 Å². The normalized spacial score (nSPS) is 10.7. The largest absolute Gasteiger partial charge is 0.325 e. The summed E-state index contributed by atoms with van der Waals surface area (Å²) in [5.74, 6) is -0.0693. The van der Waals surface area contributed by atoms with Crippen LogP contribution in [0.3, 0.4) is 0 Å². The Kier molecular flexibility index (Phi) is 6.25. The Hall–Kier alpha value is -1.95. The fraction of sp³-hybridized carbons (Fsp3) is 0.158. The molecule has 1 amide bonds. The molecule has 0 aliphatic heterocycles. The fourth-order valence-electron chi connectivity index (χ4n) is 2.36. The van der Waals surface area contributed by atoms with Crippen molar-refractivity contribution in [3.05, 3.63) is 70.5 Å². The molecule has 3 rings (SSSR count). The number of anilines is 1. The van der Waals surface area contributed by atoms with E-state index in [9.17, 15) is 4.79 Å². The maximum Gasteiger partial charge on any atom is 0.226 e. The zero-order valence-corrected chi connectivity index (χ0v) is 16.4. The van der Waals surface area contributed by atoms with Gasteiger partial charge in [-0.2, -0.15) is 5.10 Å². The van der Waals surface area contributed by atoms with E-state index in [0.29, 0.717) is 23.0 Å². The van der Waals surface area contributed by atoms with Gasteiger partial charge in [0.05, 0.1) is 29.1 Å². The second-order valence-electron chi connectivity index (χ2n) is 5.65. The Morgan fingerprint density at radius 3 is 2.58 bits per heavy atom. The molecule has 0 unspecified atom stereocenters. The van der Waals surface area contributed by atoms with Crippen molar-refractivity contribution in [1.82, 2.24) is 9.78 Å². The van der Waals surface area contributed by atoms with Gasteiger partial charge < -0.3 is 5.32 Å². The molecule has 134 valence electrons. The number of rotatable bonds is 6. The molecule has 1 aromatic heterocycles. The number of carbonyl (C=O) groups is 1. The van der Waals surface area contributed by atoms with Gasteiger partial charge in [-0.3, -0.25) is 9.48 Å². The Morgan fingerprint density at radius 1 is 1.15 bits per heavy atom. The summed E-state index contributed by atoms with van der Waals surface area (Å²) < 4.78 is 1.73. The summed E-state index contributed by atoms with van der Waals surface area (Å²) in [6.45, 7) is 2.36. The highest BCUT2D eigenvalue weighted by atomic mass is 35.5. The minimum Gasteiger partial charge on any atom is -0.325 e. The summed E-state index contributed by atoms with van der Waals surface area (Å²) >= 11 is 13.5. The SMILES string of the molecule is Cc1c(Cl)cnn1CCC(=O)Nc1ccccc1Sc1ccc(Cl)cc1. The molecule has 1 heterocycles. The van der Waals surface area contributed by atoms with Gasteiger partial charge in [0.15, 0.2) is 0 Å². The molecule has 4 nitrogen and oxygen atoms in total. The van der Waals surface area contributed by atoms with E-state index < -0.39 is 0 Å². The Labute approximate surface area is 166 Å². The predicted molar refractivity (Wildman–Crippen MR) is 107 cm³/mol. The van der Waals surface area contributed by atoms with Crippen LogP contribution < -0.4 is 5.32 Å². The first-order chi connectivity index (χ1) is 12.5. The molecule has 0 aliphatic rings. The zero-order valence-electron chi connectivity index (χ0n) is 14.1. The van der Waals surface area contributed by atoms with Crippen LogP contribution >= 0.6 is 35.0 Å². The summed E-state index contributed by atoms with van der Waals surface area (Å²) in [7, 11) is 0. The average Bonchev–Trinajstić information content (AvgIpc) is 2.95. The number of aryl methyl sites for hydroxylation is 1. The number of halogens is 2. The molecule has 26 heavy (non-hydrogen) atoms. The van der Waals surface area contributed by atoms with Crippen molar-refractivity contribution in [2.75, 3.05) is 5.32 Å². The quantitative estimate of drug-likeness (QED) is 0.573. The summed E-state index contributed by atoms with van der Waals surface area (Å²) in [6.07, 6.45) is 1.91. The van der Waals surface area contributed by atoms with Gasteiger partial charge in [0.1, 0.15) is 0 Å². The van der Waals surface area contributed by atoms with Crippen molar-refractivity contribution in [1.29, 1.82) is 0 Å². The van der Waals surface area contributed by atoms with E-state index in [1.807, 2.05) is 55.5 Å². The standard InChI is InChI=1S/C19H17Cl2N3OS/c1-13-16(21)12-22-24(13)11-10-19(25)23-17-4-2-3-5-18(17)26-15-8-6-14(20)7-9-15/h2-9,12H,10-11H2,1H3,(H,23,25). The highest BCUT2D eigenvalue weighted by Crippen LogP contribution is 2.33. The summed E-state index contributed by atoms with van der Waals surface area (Å²) in [6, 6.07) is 15.3. The fourth-order valence-corrected chi connectivity index (χ4v) is 3.53. The van der Waals surface area contributed by atoms with Gasteiger partial charge in [0.2, 0.25) is 5.91 Å². The maximum absolute atomic E-state index is 12.3. The Morgan fingerprint density at radius 2 is 1.88 bits per heavy atom. The van der Waals surface area contributed by atoms with Crippen LogP contribution in [0.5, 0.6) is 0 Å². The average molecular weight is 406 g/mol. The molecule has 0 saturated heterocycles. The van der Waals surface area contributed by atoms with Crippen molar-refractivity contribution < 1.29 is 4.79 Å². The van der Waals surface area contributed by atoms with E-state index in [0.717, 1.165) is 21.2 Å². The third kappa shape index (κ3) is 4.81. The van der Waals surface area contributed by atoms with Gasteiger partial charge >= 0.3 is 0 Å². The Bertz CT molecular complexity index is 909. The van der Waals surface area contributed by atoms with Crippen LogP contribution in [0.25, 0.3) is 0 Å². The third-order valence-electron chi connectivity index (χ3n) is 3.80. The number of aromatic nitrogens is 2. The van der Waals surface area contributed by atoms with Crippen LogP contribution in [0.2, 0.25) is 10.0 Å². The van der Waals surface area contributed by atoms with Crippen LogP contribution in [0.15, 0.2) is 64.5 Å². The summed E-state index contributed by atoms with van der Waals surface area (Å²) in [4.78, 5) is 14.4. The van der Waals surface area contributed by atoms with Crippen LogP contribution in [-0.4, -0.2) is 15.7 Å². The second kappa shape index (κ2) is 8.62. The number of hydrogen-bond acceptors (Lipinski definition) is 3. The van der Waals surface area contributed by atoms with Crippen molar-refractivity contribution in [3.8, 4) is 0 Å². The van der Waals surface area contributed by atoms with Crippen LogP contribution in [0, 0.1) is 6.92 Å². The lowest BCUT2D eigenvalue weighted by atomic mass is 10.3. The molecule has 0 radical (unpaired) electrons. The van der Waals surface area contributed by atoms with Crippen molar-refractivity contribution in [3.63, 3.8) is 0 Å². The van der Waals surface area contributed by atoms with Crippen molar-refractivity contribution in [2.24, 2.45) is 0 Å². The first-order valence-corrected chi connectivity index (χ1v) is 9.60. The maximum atomic E-state index is 12.3. The smallest absolute Gasteiger partial charge is 0.226 e. The van der Waals surface area contributed by atoms with E-state index in [1.54, 1.807) is 22.6 Å². The van der Waals surface area contributed by atoms with E-state index in [2.05, 4.69) is 10.4 Å². The lowest BCUT2D eigenvalue weighted by molar-refractivity contribution is -0.116. The number of amides is 1. The first-order valence-electron chi connectivity index (χ1n) is 8.03. The minimum atomic E-state index is -0.0693. The molecular weight excluding hydrogens is 389 g/mol. The molecule has 1 N–H and O–H groups in total. The highest BCUT2D eigenvalue weighted by molar-refractivity contribution is 7.99. The van der Waals surface area contributed by atoms with E-state index >= 15 is 0 Å². The topological polar surface area (TPSA) is 46.9 Å². The van der Waals surface area contributed by atoms with Crippen LogP contribution in [0.1, 0.15) is 12.1 Å². The van der Waals surface area contributed by atoms with Gasteiger partial charge in [0, 0.05) is 21.2 Å². The van der Waals surface area contributed by atoms with E-state index in [1.165, 1.54) is 0 Å². The summed E-state index contributed by atoms with van der Waals surface area (Å²) in [5.41, 5.74) is 1.64. The van der Waals surface area contributed by atoms with Crippen molar-refractivity contribution >= 4 is 46.6 Å². The number of nitrogens with zero attached hydrogens (tertiary/aromatic N) is 2. The van der Waals surface area contributed by atoms with Crippen molar-refractivity contribution in [2.45, 2.75) is 29.7 Å². The van der Waals surface area contributed by atoms with Crippen LogP contribution in [0.4, 0.5) is 5.69 Å². The molecule has 7 heteroatoms.